The third-order valence-electron chi connectivity index (χ3n) is 5.17. The van der Waals surface area contributed by atoms with Crippen molar-refractivity contribution in [1.82, 2.24) is 9.78 Å². The van der Waals surface area contributed by atoms with Crippen LogP contribution in [0.2, 0.25) is 5.02 Å². The number of carbonyl (C=O) groups is 1. The fraction of sp³-hybridized carbons (Fsp3) is 0.0769. The van der Waals surface area contributed by atoms with Crippen LogP contribution < -0.4 is 10.1 Å². The summed E-state index contributed by atoms with van der Waals surface area (Å²) in [5, 5.41) is 10.3. The first-order valence-corrected chi connectivity index (χ1v) is 10.8. The summed E-state index contributed by atoms with van der Waals surface area (Å²) >= 11 is 5.87. The van der Waals surface area contributed by atoms with Gasteiger partial charge < -0.3 is 14.5 Å². The molecule has 0 aliphatic rings. The number of carbonyl (C=O) groups excluding carboxylic acids is 1. The van der Waals surface area contributed by atoms with Crippen LogP contribution in [0.15, 0.2) is 95.5 Å². The van der Waals surface area contributed by atoms with Gasteiger partial charge in [0.05, 0.1) is 6.54 Å². The molecule has 0 aliphatic carbocycles. The maximum Gasteiger partial charge on any atom is 0.292 e. The van der Waals surface area contributed by atoms with Crippen molar-refractivity contribution in [3.05, 3.63) is 113 Å². The Bertz CT molecular complexity index is 1400. The van der Waals surface area contributed by atoms with Gasteiger partial charge in [-0.25, -0.2) is 0 Å². The quantitative estimate of drug-likeness (QED) is 0.317. The molecule has 1 amide bonds. The van der Waals surface area contributed by atoms with Crippen molar-refractivity contribution >= 4 is 34.1 Å². The molecule has 0 fully saturated rings. The van der Waals surface area contributed by atoms with Crippen LogP contribution in [0.5, 0.6) is 5.75 Å². The number of ether oxygens (including phenoxy) is 1. The molecule has 2 aromatic heterocycles. The van der Waals surface area contributed by atoms with E-state index in [1.54, 1.807) is 47.1 Å². The Hall–Kier alpha value is -4.03. The Morgan fingerprint density at radius 1 is 0.970 bits per heavy atom. The minimum Gasteiger partial charge on any atom is -0.486 e. The number of anilines is 1. The van der Waals surface area contributed by atoms with Gasteiger partial charge in [-0.3, -0.25) is 9.48 Å². The summed E-state index contributed by atoms with van der Waals surface area (Å²) in [5.41, 5.74) is 1.16. The number of hydrogen-bond acceptors (Lipinski definition) is 4. The normalized spacial score (nSPS) is 10.9. The highest BCUT2D eigenvalue weighted by molar-refractivity contribution is 6.30. The van der Waals surface area contributed by atoms with E-state index in [9.17, 15) is 4.79 Å². The number of fused-ring (bicyclic) bond motifs is 1. The number of amides is 1. The van der Waals surface area contributed by atoms with Gasteiger partial charge in [0.15, 0.2) is 11.6 Å². The van der Waals surface area contributed by atoms with Gasteiger partial charge >= 0.3 is 0 Å². The fourth-order valence-corrected chi connectivity index (χ4v) is 3.69. The summed E-state index contributed by atoms with van der Waals surface area (Å²) in [7, 11) is 0. The van der Waals surface area contributed by atoms with Crippen molar-refractivity contribution in [3.63, 3.8) is 0 Å². The summed E-state index contributed by atoms with van der Waals surface area (Å²) in [6.07, 6.45) is 1.84. The van der Waals surface area contributed by atoms with Gasteiger partial charge in [0, 0.05) is 17.3 Å². The van der Waals surface area contributed by atoms with Crippen molar-refractivity contribution in [1.29, 1.82) is 0 Å². The number of furan rings is 1. The summed E-state index contributed by atoms with van der Waals surface area (Å²) in [5.74, 6) is 1.47. The van der Waals surface area contributed by atoms with Crippen molar-refractivity contribution in [2.75, 3.05) is 5.32 Å². The number of benzene rings is 3. The highest BCUT2D eigenvalue weighted by Crippen LogP contribution is 2.20. The van der Waals surface area contributed by atoms with E-state index in [1.165, 1.54) is 10.8 Å². The van der Waals surface area contributed by atoms with Crippen molar-refractivity contribution < 1.29 is 13.9 Å². The molecule has 33 heavy (non-hydrogen) atoms. The molecule has 0 bridgehead atoms. The smallest absolute Gasteiger partial charge is 0.292 e. The molecule has 0 saturated carbocycles. The molecule has 3 aromatic carbocycles. The summed E-state index contributed by atoms with van der Waals surface area (Å²) in [4.78, 5) is 12.6. The van der Waals surface area contributed by atoms with E-state index < -0.39 is 0 Å². The number of hydrogen-bond donors (Lipinski definition) is 1. The number of nitrogens with zero attached hydrogens (tertiary/aromatic N) is 2. The highest BCUT2D eigenvalue weighted by Gasteiger charge is 2.13. The largest absolute Gasteiger partial charge is 0.486 e. The number of halogens is 1. The molecular formula is C26H20ClN3O3. The number of aromatic nitrogens is 2. The van der Waals surface area contributed by atoms with Crippen molar-refractivity contribution in [3.8, 4) is 5.75 Å². The Balaban J connectivity index is 1.21. The van der Waals surface area contributed by atoms with Crippen LogP contribution in [0.3, 0.4) is 0 Å². The van der Waals surface area contributed by atoms with Crippen LogP contribution in [0.1, 0.15) is 21.9 Å². The van der Waals surface area contributed by atoms with Gasteiger partial charge in [0.2, 0.25) is 0 Å². The van der Waals surface area contributed by atoms with E-state index in [1.807, 2.05) is 24.4 Å². The molecule has 0 unspecified atom stereocenters. The molecule has 5 rings (SSSR count). The minimum atomic E-state index is -0.372. The Kier molecular flexibility index (Phi) is 5.83. The Labute approximate surface area is 195 Å². The fourth-order valence-electron chi connectivity index (χ4n) is 3.56. The second kappa shape index (κ2) is 9.22. The molecular weight excluding hydrogens is 438 g/mol. The average molecular weight is 458 g/mol. The second-order valence-electron chi connectivity index (χ2n) is 7.50. The van der Waals surface area contributed by atoms with E-state index in [2.05, 4.69) is 34.7 Å². The first-order chi connectivity index (χ1) is 16.1. The lowest BCUT2D eigenvalue weighted by molar-refractivity contribution is 0.0992. The maximum atomic E-state index is 12.6. The van der Waals surface area contributed by atoms with E-state index in [0.717, 1.165) is 5.56 Å². The standard InChI is InChI=1S/C26H20ClN3O3/c27-20-8-10-21(11-9-20)32-17-22-12-13-24(33-22)26(31)28-25-14-15-30(29-25)16-19-6-3-5-18-4-1-2-7-23(18)19/h1-15H,16-17H2,(H,28,29,31). The number of nitrogens with one attached hydrogen (secondary N) is 1. The zero-order valence-corrected chi connectivity index (χ0v) is 18.3. The van der Waals surface area contributed by atoms with Gasteiger partial charge in [0.25, 0.3) is 5.91 Å². The third-order valence-corrected chi connectivity index (χ3v) is 5.43. The SMILES string of the molecule is O=C(Nc1ccn(Cc2cccc3ccccc23)n1)c1ccc(COc2ccc(Cl)cc2)o1. The van der Waals surface area contributed by atoms with Crippen LogP contribution in [0.25, 0.3) is 10.8 Å². The minimum absolute atomic E-state index is 0.188. The van der Waals surface area contributed by atoms with Crippen molar-refractivity contribution in [2.24, 2.45) is 0 Å². The van der Waals surface area contributed by atoms with Crippen LogP contribution >= 0.6 is 11.6 Å². The molecule has 7 heteroatoms. The van der Waals surface area contributed by atoms with Gasteiger partial charge in [-0.2, -0.15) is 5.10 Å². The lowest BCUT2D eigenvalue weighted by Gasteiger charge is -2.07. The van der Waals surface area contributed by atoms with E-state index in [0.29, 0.717) is 28.9 Å². The van der Waals surface area contributed by atoms with Crippen LogP contribution in [0.4, 0.5) is 5.82 Å². The lowest BCUT2D eigenvalue weighted by atomic mass is 10.0. The van der Waals surface area contributed by atoms with E-state index >= 15 is 0 Å². The predicted molar refractivity (Wildman–Crippen MR) is 128 cm³/mol. The molecule has 0 spiro atoms. The van der Waals surface area contributed by atoms with E-state index in [-0.39, 0.29) is 18.3 Å². The monoisotopic (exact) mass is 457 g/mol. The molecule has 6 nitrogen and oxygen atoms in total. The van der Waals surface area contributed by atoms with Crippen LogP contribution in [-0.4, -0.2) is 15.7 Å². The Morgan fingerprint density at radius 2 is 1.79 bits per heavy atom. The molecule has 5 aromatic rings. The first-order valence-electron chi connectivity index (χ1n) is 10.4. The molecule has 0 radical (unpaired) electrons. The molecule has 0 atom stereocenters. The summed E-state index contributed by atoms with van der Waals surface area (Å²) < 4.78 is 13.1. The van der Waals surface area contributed by atoms with E-state index in [4.69, 9.17) is 20.8 Å². The third kappa shape index (κ3) is 4.91. The predicted octanol–water partition coefficient (Wildman–Crippen LogP) is 6.16. The van der Waals surface area contributed by atoms with Crippen molar-refractivity contribution in [2.45, 2.75) is 13.2 Å². The van der Waals surface area contributed by atoms with Gasteiger partial charge in [-0.1, -0.05) is 54.1 Å². The lowest BCUT2D eigenvalue weighted by Crippen LogP contribution is -2.12. The first kappa shape index (κ1) is 20.8. The molecule has 0 saturated heterocycles. The van der Waals surface area contributed by atoms with Gasteiger partial charge in [0.1, 0.15) is 18.1 Å². The topological polar surface area (TPSA) is 69.3 Å². The highest BCUT2D eigenvalue weighted by atomic mass is 35.5. The maximum absolute atomic E-state index is 12.6. The Morgan fingerprint density at radius 3 is 2.67 bits per heavy atom. The summed E-state index contributed by atoms with van der Waals surface area (Å²) in [6, 6.07) is 26.6. The molecule has 2 heterocycles. The molecule has 1 N–H and O–H groups in total. The van der Waals surface area contributed by atoms with Gasteiger partial charge in [-0.15, -0.1) is 0 Å². The average Bonchev–Trinajstić information content (AvgIpc) is 3.49. The second-order valence-corrected chi connectivity index (χ2v) is 7.94. The number of rotatable bonds is 7. The molecule has 164 valence electrons. The summed E-state index contributed by atoms with van der Waals surface area (Å²) in [6.45, 7) is 0.804. The zero-order chi connectivity index (χ0) is 22.6. The zero-order valence-electron chi connectivity index (χ0n) is 17.6. The van der Waals surface area contributed by atoms with Gasteiger partial charge in [-0.05, 0) is 52.7 Å². The van der Waals surface area contributed by atoms with Crippen LogP contribution in [-0.2, 0) is 13.2 Å². The van der Waals surface area contributed by atoms with Crippen LogP contribution in [0, 0.1) is 0 Å². The molecule has 0 aliphatic heterocycles.